The molecule has 0 aliphatic carbocycles. The van der Waals surface area contributed by atoms with Crippen LogP contribution < -0.4 is 4.74 Å². The zero-order valence-electron chi connectivity index (χ0n) is 18.9. The van der Waals surface area contributed by atoms with Crippen molar-refractivity contribution in [1.29, 1.82) is 0 Å². The van der Waals surface area contributed by atoms with E-state index in [1.807, 2.05) is 32.0 Å². The van der Waals surface area contributed by atoms with Gasteiger partial charge in [-0.05, 0) is 37.6 Å². The van der Waals surface area contributed by atoms with Crippen molar-refractivity contribution in [1.82, 2.24) is 14.7 Å². The summed E-state index contributed by atoms with van der Waals surface area (Å²) >= 11 is 0. The number of imide groups is 1. The van der Waals surface area contributed by atoms with Crippen molar-refractivity contribution in [2.45, 2.75) is 20.3 Å². The van der Waals surface area contributed by atoms with E-state index in [0.717, 1.165) is 16.0 Å². The molecule has 4 rings (SSSR count). The summed E-state index contributed by atoms with van der Waals surface area (Å²) in [6, 6.07) is 12.5. The molecule has 2 heterocycles. The van der Waals surface area contributed by atoms with Crippen LogP contribution in [0.15, 0.2) is 42.5 Å². The zero-order valence-corrected chi connectivity index (χ0v) is 18.9. The number of carbonyl (C=O) groups excluding carboxylic acids is 4. The predicted molar refractivity (Wildman–Crippen MR) is 121 cm³/mol. The van der Waals surface area contributed by atoms with Gasteiger partial charge in [-0.3, -0.25) is 24.1 Å². The number of benzene rings is 2. The molecule has 1 fully saturated rings. The Hall–Kier alpha value is -3.68. The van der Waals surface area contributed by atoms with Gasteiger partial charge in [0, 0.05) is 39.1 Å². The lowest BCUT2D eigenvalue weighted by Crippen LogP contribution is -2.52. The molecule has 8 heteroatoms. The van der Waals surface area contributed by atoms with Crippen molar-refractivity contribution < 1.29 is 23.9 Å². The third-order valence-corrected chi connectivity index (χ3v) is 6.09. The number of hydrogen-bond donors (Lipinski definition) is 0. The fourth-order valence-electron chi connectivity index (χ4n) is 4.21. The van der Waals surface area contributed by atoms with Gasteiger partial charge in [0.25, 0.3) is 17.7 Å². The normalized spacial score (nSPS) is 15.6. The molecule has 33 heavy (non-hydrogen) atoms. The van der Waals surface area contributed by atoms with E-state index in [9.17, 15) is 19.2 Å². The van der Waals surface area contributed by atoms with Gasteiger partial charge in [0.1, 0.15) is 5.75 Å². The minimum Gasteiger partial charge on any atom is -0.484 e. The monoisotopic (exact) mass is 449 g/mol. The minimum atomic E-state index is -0.359. The summed E-state index contributed by atoms with van der Waals surface area (Å²) in [4.78, 5) is 54.5. The van der Waals surface area contributed by atoms with Crippen LogP contribution in [-0.2, 0) is 9.59 Å². The first-order chi connectivity index (χ1) is 15.8. The van der Waals surface area contributed by atoms with Crippen molar-refractivity contribution in [3.63, 3.8) is 0 Å². The second-order valence-corrected chi connectivity index (χ2v) is 8.38. The third kappa shape index (κ3) is 4.74. The molecule has 8 nitrogen and oxygen atoms in total. The van der Waals surface area contributed by atoms with E-state index in [1.54, 1.807) is 34.1 Å². The van der Waals surface area contributed by atoms with Gasteiger partial charge in [-0.15, -0.1) is 0 Å². The Balaban J connectivity index is 1.23. The molecule has 2 aromatic rings. The Labute approximate surface area is 192 Å². The molecule has 0 saturated carbocycles. The molecule has 1 saturated heterocycles. The van der Waals surface area contributed by atoms with E-state index in [4.69, 9.17) is 4.74 Å². The maximum Gasteiger partial charge on any atom is 0.261 e. The first-order valence-electron chi connectivity index (χ1n) is 11.1. The molecule has 0 aromatic heterocycles. The smallest absolute Gasteiger partial charge is 0.261 e. The quantitative estimate of drug-likeness (QED) is 0.630. The number of carbonyl (C=O) groups is 4. The molecule has 0 unspecified atom stereocenters. The van der Waals surface area contributed by atoms with Crippen LogP contribution >= 0.6 is 0 Å². The average Bonchev–Trinajstić information content (AvgIpc) is 3.06. The summed E-state index contributed by atoms with van der Waals surface area (Å²) in [6.07, 6.45) is 0.0647. The van der Waals surface area contributed by atoms with Gasteiger partial charge in [0.05, 0.1) is 11.1 Å². The van der Waals surface area contributed by atoms with Crippen LogP contribution in [-0.4, -0.2) is 77.7 Å². The average molecular weight is 450 g/mol. The van der Waals surface area contributed by atoms with E-state index in [1.165, 1.54) is 0 Å². The summed E-state index contributed by atoms with van der Waals surface area (Å²) in [6.45, 7) is 5.63. The van der Waals surface area contributed by atoms with Crippen LogP contribution in [0.3, 0.4) is 0 Å². The molecule has 0 bridgehead atoms. The molecule has 2 aliphatic heterocycles. The topological polar surface area (TPSA) is 87.2 Å². The van der Waals surface area contributed by atoms with E-state index in [0.29, 0.717) is 43.1 Å². The van der Waals surface area contributed by atoms with Crippen molar-refractivity contribution in [3.8, 4) is 5.75 Å². The molecule has 0 spiro atoms. The molecule has 0 radical (unpaired) electrons. The largest absolute Gasteiger partial charge is 0.484 e. The van der Waals surface area contributed by atoms with E-state index >= 15 is 0 Å². The summed E-state index contributed by atoms with van der Waals surface area (Å²) in [5, 5.41) is 0. The van der Waals surface area contributed by atoms with Gasteiger partial charge in [-0.2, -0.15) is 0 Å². The lowest BCUT2D eigenvalue weighted by Gasteiger charge is -2.35. The molecule has 0 atom stereocenters. The van der Waals surface area contributed by atoms with E-state index in [2.05, 4.69) is 0 Å². The second kappa shape index (κ2) is 9.44. The van der Waals surface area contributed by atoms with Crippen LogP contribution in [0.5, 0.6) is 5.75 Å². The molecule has 172 valence electrons. The highest BCUT2D eigenvalue weighted by molar-refractivity contribution is 6.21. The van der Waals surface area contributed by atoms with Crippen molar-refractivity contribution in [3.05, 3.63) is 64.7 Å². The van der Waals surface area contributed by atoms with Crippen LogP contribution in [0.1, 0.15) is 38.3 Å². The number of piperazine rings is 1. The Morgan fingerprint density at radius 1 is 0.848 bits per heavy atom. The third-order valence-electron chi connectivity index (χ3n) is 6.09. The fourth-order valence-corrected chi connectivity index (χ4v) is 4.21. The maximum absolute atomic E-state index is 12.6. The second-order valence-electron chi connectivity index (χ2n) is 8.38. The molecular formula is C25H27N3O5. The summed E-state index contributed by atoms with van der Waals surface area (Å²) < 4.78 is 5.68. The first kappa shape index (κ1) is 22.5. The maximum atomic E-state index is 12.6. The molecule has 4 amide bonds. The van der Waals surface area contributed by atoms with Crippen molar-refractivity contribution in [2.24, 2.45) is 0 Å². The molecule has 2 aliphatic rings. The fraction of sp³-hybridized carbons (Fsp3) is 0.360. The van der Waals surface area contributed by atoms with Crippen molar-refractivity contribution >= 4 is 23.6 Å². The summed E-state index contributed by atoms with van der Waals surface area (Å²) in [5.74, 6) is -0.278. The minimum absolute atomic E-state index is 0.0441. The Morgan fingerprint density at radius 3 is 2.00 bits per heavy atom. The zero-order chi connectivity index (χ0) is 23.5. The van der Waals surface area contributed by atoms with Crippen LogP contribution in [0.4, 0.5) is 0 Å². The Morgan fingerprint density at radius 2 is 1.42 bits per heavy atom. The van der Waals surface area contributed by atoms with Gasteiger partial charge in [-0.25, -0.2) is 0 Å². The highest BCUT2D eigenvalue weighted by atomic mass is 16.5. The van der Waals surface area contributed by atoms with E-state index < -0.39 is 0 Å². The van der Waals surface area contributed by atoms with Gasteiger partial charge in [0.15, 0.2) is 6.61 Å². The van der Waals surface area contributed by atoms with Crippen LogP contribution in [0.25, 0.3) is 0 Å². The van der Waals surface area contributed by atoms with Crippen molar-refractivity contribution in [2.75, 3.05) is 39.3 Å². The van der Waals surface area contributed by atoms with E-state index in [-0.39, 0.29) is 43.2 Å². The number of fused-ring (bicyclic) bond motifs is 1. The highest BCUT2D eigenvalue weighted by Gasteiger charge is 2.35. The predicted octanol–water partition coefficient (Wildman–Crippen LogP) is 2.04. The standard InChI is InChI=1S/C25H27N3O5/c1-17-7-8-21(18(2)15-17)33-16-23(30)27-13-11-26(12-14-27)22(29)9-10-28-24(31)19-5-3-4-6-20(19)25(28)32/h3-8,15H,9-14,16H2,1-2H3. The van der Waals surface area contributed by atoms with Crippen LogP contribution in [0, 0.1) is 13.8 Å². The van der Waals surface area contributed by atoms with Gasteiger partial charge < -0.3 is 14.5 Å². The highest BCUT2D eigenvalue weighted by Crippen LogP contribution is 2.23. The number of ether oxygens (including phenoxy) is 1. The van der Waals surface area contributed by atoms with Gasteiger partial charge >= 0.3 is 0 Å². The molecule has 0 N–H and O–H groups in total. The molecular weight excluding hydrogens is 422 g/mol. The summed E-state index contributed by atoms with van der Waals surface area (Å²) in [5.41, 5.74) is 2.88. The summed E-state index contributed by atoms with van der Waals surface area (Å²) in [7, 11) is 0. The SMILES string of the molecule is Cc1ccc(OCC(=O)N2CCN(C(=O)CCN3C(=O)c4ccccc4C3=O)CC2)c(C)c1. The Bertz CT molecular complexity index is 1070. The van der Waals surface area contributed by atoms with Gasteiger partial charge in [0.2, 0.25) is 5.91 Å². The number of rotatable bonds is 6. The molecule has 2 aromatic carbocycles. The number of hydrogen-bond acceptors (Lipinski definition) is 5. The van der Waals surface area contributed by atoms with Crippen LogP contribution in [0.2, 0.25) is 0 Å². The lowest BCUT2D eigenvalue weighted by atomic mass is 10.1. The number of aryl methyl sites for hydroxylation is 2. The number of amides is 4. The van der Waals surface area contributed by atoms with Gasteiger partial charge in [-0.1, -0.05) is 29.8 Å². The lowest BCUT2D eigenvalue weighted by molar-refractivity contribution is -0.140. The number of nitrogens with zero attached hydrogens (tertiary/aromatic N) is 3. The first-order valence-corrected chi connectivity index (χ1v) is 11.1. The Kier molecular flexibility index (Phi) is 6.44.